The first-order valence-corrected chi connectivity index (χ1v) is 7.74. The van der Waals surface area contributed by atoms with E-state index in [1.54, 1.807) is 0 Å². The Morgan fingerprint density at radius 2 is 1.57 bits per heavy atom. The Bertz CT molecular complexity index is 765. The molecule has 0 spiro atoms. The molecule has 1 aromatic heterocycles. The standard InChI is InChI=1S/C18H17BrN2/c1-12-9-13(2)17(14(3)10-12)21-11-16(19)20-18(21)15-7-5-4-6-8-15/h4-11H,1-3H3. The van der Waals surface area contributed by atoms with Gasteiger partial charge in [0.05, 0.1) is 5.69 Å². The van der Waals surface area contributed by atoms with Crippen molar-refractivity contribution in [2.75, 3.05) is 0 Å². The molecule has 0 saturated heterocycles. The highest BCUT2D eigenvalue weighted by molar-refractivity contribution is 9.10. The number of aryl methyl sites for hydroxylation is 3. The minimum absolute atomic E-state index is 0.848. The number of hydrogen-bond acceptors (Lipinski definition) is 1. The van der Waals surface area contributed by atoms with Crippen LogP contribution < -0.4 is 0 Å². The van der Waals surface area contributed by atoms with Crippen LogP contribution in [0, 0.1) is 20.8 Å². The molecular formula is C18H17BrN2. The van der Waals surface area contributed by atoms with Crippen LogP contribution in [0.2, 0.25) is 0 Å². The van der Waals surface area contributed by atoms with Gasteiger partial charge in [0.15, 0.2) is 0 Å². The zero-order valence-electron chi connectivity index (χ0n) is 12.4. The van der Waals surface area contributed by atoms with Gasteiger partial charge in [-0.2, -0.15) is 0 Å². The Balaban J connectivity index is 2.26. The number of hydrogen-bond donors (Lipinski definition) is 0. The minimum Gasteiger partial charge on any atom is -0.298 e. The molecule has 0 fully saturated rings. The maximum atomic E-state index is 4.64. The second-order valence-electron chi connectivity index (χ2n) is 5.37. The molecule has 0 atom stereocenters. The molecule has 2 nitrogen and oxygen atoms in total. The van der Waals surface area contributed by atoms with E-state index in [-0.39, 0.29) is 0 Å². The summed E-state index contributed by atoms with van der Waals surface area (Å²) in [5.74, 6) is 0.956. The van der Waals surface area contributed by atoms with Crippen molar-refractivity contribution in [3.05, 3.63) is 70.0 Å². The first kappa shape index (κ1) is 14.1. The largest absolute Gasteiger partial charge is 0.298 e. The molecule has 0 radical (unpaired) electrons. The maximum absolute atomic E-state index is 4.64. The molecule has 106 valence electrons. The van der Waals surface area contributed by atoms with E-state index in [1.165, 1.54) is 22.4 Å². The first-order valence-electron chi connectivity index (χ1n) is 6.95. The lowest BCUT2D eigenvalue weighted by atomic mass is 10.0. The van der Waals surface area contributed by atoms with Crippen molar-refractivity contribution in [1.82, 2.24) is 9.55 Å². The Kier molecular flexibility index (Phi) is 3.68. The second-order valence-corrected chi connectivity index (χ2v) is 6.18. The lowest BCUT2D eigenvalue weighted by molar-refractivity contribution is 1.03. The molecule has 0 saturated carbocycles. The molecule has 0 bridgehead atoms. The summed E-state index contributed by atoms with van der Waals surface area (Å²) in [6.07, 6.45) is 2.03. The van der Waals surface area contributed by atoms with Crippen molar-refractivity contribution >= 4 is 15.9 Å². The second kappa shape index (κ2) is 5.49. The lowest BCUT2D eigenvalue weighted by Gasteiger charge is -2.15. The molecule has 0 aliphatic carbocycles. The van der Waals surface area contributed by atoms with Crippen molar-refractivity contribution in [2.24, 2.45) is 0 Å². The summed E-state index contributed by atoms with van der Waals surface area (Å²) in [7, 11) is 0. The number of aromatic nitrogens is 2. The fraction of sp³-hybridized carbons (Fsp3) is 0.167. The highest BCUT2D eigenvalue weighted by Gasteiger charge is 2.14. The average molecular weight is 341 g/mol. The number of nitrogens with zero attached hydrogens (tertiary/aromatic N) is 2. The van der Waals surface area contributed by atoms with E-state index in [9.17, 15) is 0 Å². The summed E-state index contributed by atoms with van der Waals surface area (Å²) in [6, 6.07) is 14.7. The van der Waals surface area contributed by atoms with E-state index in [1.807, 2.05) is 24.4 Å². The van der Waals surface area contributed by atoms with E-state index < -0.39 is 0 Å². The summed E-state index contributed by atoms with van der Waals surface area (Å²) in [6.45, 7) is 6.43. The summed E-state index contributed by atoms with van der Waals surface area (Å²) >= 11 is 3.51. The Morgan fingerprint density at radius 3 is 2.19 bits per heavy atom. The van der Waals surface area contributed by atoms with E-state index in [0.29, 0.717) is 0 Å². The number of imidazole rings is 1. The highest BCUT2D eigenvalue weighted by atomic mass is 79.9. The molecule has 3 aromatic rings. The predicted octanol–water partition coefficient (Wildman–Crippen LogP) is 5.23. The molecule has 0 N–H and O–H groups in total. The quantitative estimate of drug-likeness (QED) is 0.624. The lowest BCUT2D eigenvalue weighted by Crippen LogP contribution is -2.02. The van der Waals surface area contributed by atoms with Crippen LogP contribution >= 0.6 is 15.9 Å². The van der Waals surface area contributed by atoms with E-state index >= 15 is 0 Å². The van der Waals surface area contributed by atoms with Crippen molar-refractivity contribution in [2.45, 2.75) is 20.8 Å². The van der Waals surface area contributed by atoms with Gasteiger partial charge in [-0.3, -0.25) is 4.57 Å². The molecule has 0 aliphatic rings. The van der Waals surface area contributed by atoms with E-state index in [4.69, 9.17) is 0 Å². The molecule has 1 heterocycles. The number of halogens is 1. The van der Waals surface area contributed by atoms with Gasteiger partial charge in [0, 0.05) is 11.8 Å². The van der Waals surface area contributed by atoms with Crippen LogP contribution in [0.1, 0.15) is 16.7 Å². The van der Waals surface area contributed by atoms with Gasteiger partial charge in [-0.15, -0.1) is 0 Å². The molecule has 0 amide bonds. The average Bonchev–Trinajstić information content (AvgIpc) is 2.80. The topological polar surface area (TPSA) is 17.8 Å². The zero-order valence-corrected chi connectivity index (χ0v) is 14.0. The molecular weight excluding hydrogens is 324 g/mol. The molecule has 3 heteroatoms. The summed E-state index contributed by atoms with van der Waals surface area (Å²) < 4.78 is 3.02. The molecule has 0 aliphatic heterocycles. The Labute approximate surface area is 133 Å². The highest BCUT2D eigenvalue weighted by Crippen LogP contribution is 2.29. The number of benzene rings is 2. The molecule has 0 unspecified atom stereocenters. The monoisotopic (exact) mass is 340 g/mol. The van der Waals surface area contributed by atoms with Crippen LogP contribution in [0.15, 0.2) is 53.3 Å². The van der Waals surface area contributed by atoms with Gasteiger partial charge in [0.2, 0.25) is 0 Å². The third-order valence-corrected chi connectivity index (χ3v) is 3.97. The molecule has 3 rings (SSSR count). The smallest absolute Gasteiger partial charge is 0.145 e. The molecule has 21 heavy (non-hydrogen) atoms. The van der Waals surface area contributed by atoms with E-state index in [0.717, 1.165) is 16.0 Å². The van der Waals surface area contributed by atoms with Crippen LogP contribution in [0.25, 0.3) is 17.1 Å². The summed E-state index contributed by atoms with van der Waals surface area (Å²) in [4.78, 5) is 4.64. The number of rotatable bonds is 2. The third kappa shape index (κ3) is 2.66. The van der Waals surface area contributed by atoms with Gasteiger partial charge in [0.25, 0.3) is 0 Å². The molecule has 2 aromatic carbocycles. The minimum atomic E-state index is 0.848. The summed E-state index contributed by atoms with van der Waals surface area (Å²) in [5.41, 5.74) is 6.12. The van der Waals surface area contributed by atoms with Crippen LogP contribution in [0.3, 0.4) is 0 Å². The van der Waals surface area contributed by atoms with Crippen LogP contribution in [-0.2, 0) is 0 Å². The van der Waals surface area contributed by atoms with Gasteiger partial charge in [-0.25, -0.2) is 4.98 Å². The van der Waals surface area contributed by atoms with Gasteiger partial charge in [-0.05, 0) is 47.8 Å². The fourth-order valence-corrected chi connectivity index (χ4v) is 3.24. The Hall–Kier alpha value is -1.87. The normalized spacial score (nSPS) is 10.9. The zero-order chi connectivity index (χ0) is 15.0. The predicted molar refractivity (Wildman–Crippen MR) is 90.9 cm³/mol. The fourth-order valence-electron chi connectivity index (χ4n) is 2.87. The van der Waals surface area contributed by atoms with Gasteiger partial charge in [0.1, 0.15) is 10.4 Å². The summed E-state index contributed by atoms with van der Waals surface area (Å²) in [5, 5.41) is 0. The van der Waals surface area contributed by atoms with Gasteiger partial charge >= 0.3 is 0 Å². The van der Waals surface area contributed by atoms with Crippen LogP contribution in [-0.4, -0.2) is 9.55 Å². The van der Waals surface area contributed by atoms with Crippen LogP contribution in [0.5, 0.6) is 0 Å². The first-order chi connectivity index (χ1) is 10.1. The van der Waals surface area contributed by atoms with Crippen LogP contribution in [0.4, 0.5) is 0 Å². The maximum Gasteiger partial charge on any atom is 0.145 e. The van der Waals surface area contributed by atoms with Crippen molar-refractivity contribution in [1.29, 1.82) is 0 Å². The third-order valence-electron chi connectivity index (χ3n) is 3.58. The van der Waals surface area contributed by atoms with Crippen molar-refractivity contribution in [3.8, 4) is 17.1 Å². The van der Waals surface area contributed by atoms with Gasteiger partial charge < -0.3 is 0 Å². The van der Waals surface area contributed by atoms with Crippen molar-refractivity contribution in [3.63, 3.8) is 0 Å². The van der Waals surface area contributed by atoms with Gasteiger partial charge in [-0.1, -0.05) is 48.0 Å². The SMILES string of the molecule is Cc1cc(C)c(-n2cc(Br)nc2-c2ccccc2)c(C)c1. The van der Waals surface area contributed by atoms with Crippen molar-refractivity contribution < 1.29 is 0 Å². The Morgan fingerprint density at radius 1 is 0.952 bits per heavy atom. The van der Waals surface area contributed by atoms with E-state index in [2.05, 4.69) is 70.5 Å².